The Balaban J connectivity index is 1.48. The number of likely N-dealkylation sites (N-methyl/N-ethyl adjacent to an activating group) is 1. The number of nitrogens with zero attached hydrogens (tertiary/aromatic N) is 2. The fraction of sp³-hybridized carbons (Fsp3) is 0.125. The van der Waals surface area contributed by atoms with Crippen molar-refractivity contribution >= 4 is 45.8 Å². The summed E-state index contributed by atoms with van der Waals surface area (Å²) in [6.45, 7) is 2.63. The molecule has 0 aliphatic rings. The first-order valence-corrected chi connectivity index (χ1v) is 11.0. The lowest BCUT2D eigenvalue weighted by Gasteiger charge is -2.18. The Kier molecular flexibility index (Phi) is 6.30. The molecule has 0 spiro atoms. The lowest BCUT2D eigenvalue weighted by molar-refractivity contribution is -0.126. The lowest BCUT2D eigenvalue weighted by atomic mass is 10.2. The molecule has 156 valence electrons. The molecule has 0 atom stereocenters. The molecule has 0 saturated carbocycles. The van der Waals surface area contributed by atoms with Crippen LogP contribution in [0.4, 0.5) is 0 Å². The van der Waals surface area contributed by atoms with Gasteiger partial charge in [0.1, 0.15) is 5.82 Å². The summed E-state index contributed by atoms with van der Waals surface area (Å²) < 4.78 is 0. The number of nitrogens with one attached hydrogen (secondary N) is 1. The van der Waals surface area contributed by atoms with Crippen LogP contribution in [0.3, 0.4) is 0 Å². The second-order valence-electron chi connectivity index (χ2n) is 6.93. The van der Waals surface area contributed by atoms with Crippen LogP contribution in [-0.2, 0) is 11.3 Å². The van der Waals surface area contributed by atoms with Gasteiger partial charge in [-0.2, -0.15) is 0 Å². The number of fused-ring (bicyclic) bond motifs is 1. The molecule has 2 heterocycles. The van der Waals surface area contributed by atoms with Gasteiger partial charge in [0.25, 0.3) is 5.56 Å². The molecular weight excluding hydrogens is 430 g/mol. The SMILES string of the molecule is CCN(Cc1nc2ccccc2c(=O)[nH]1)C(=O)/C=C/c1ccc(-c2cccc(Cl)c2)s1. The number of H-pyrrole nitrogens is 1. The highest BCUT2D eigenvalue weighted by Gasteiger charge is 2.12. The van der Waals surface area contributed by atoms with Crippen molar-refractivity contribution in [1.29, 1.82) is 0 Å². The van der Waals surface area contributed by atoms with Crippen molar-refractivity contribution < 1.29 is 4.79 Å². The zero-order chi connectivity index (χ0) is 21.8. The van der Waals surface area contributed by atoms with Gasteiger partial charge in [0.05, 0.1) is 17.4 Å². The van der Waals surface area contributed by atoms with E-state index >= 15 is 0 Å². The van der Waals surface area contributed by atoms with Crippen LogP contribution in [-0.4, -0.2) is 27.3 Å². The summed E-state index contributed by atoms with van der Waals surface area (Å²) in [5.74, 6) is 0.322. The topological polar surface area (TPSA) is 66.1 Å². The van der Waals surface area contributed by atoms with E-state index in [1.165, 1.54) is 0 Å². The maximum Gasteiger partial charge on any atom is 0.258 e. The van der Waals surface area contributed by atoms with Crippen LogP contribution >= 0.6 is 22.9 Å². The molecule has 0 saturated heterocycles. The Morgan fingerprint density at radius 1 is 1.16 bits per heavy atom. The third-order valence-corrected chi connectivity index (χ3v) is 6.16. The largest absolute Gasteiger partial charge is 0.332 e. The van der Waals surface area contributed by atoms with Crippen LogP contribution in [0, 0.1) is 0 Å². The molecule has 7 heteroatoms. The van der Waals surface area contributed by atoms with Crippen molar-refractivity contribution in [3.63, 3.8) is 0 Å². The van der Waals surface area contributed by atoms with Crippen molar-refractivity contribution in [2.45, 2.75) is 13.5 Å². The summed E-state index contributed by atoms with van der Waals surface area (Å²) >= 11 is 7.66. The third kappa shape index (κ3) is 4.93. The molecule has 0 fully saturated rings. The zero-order valence-corrected chi connectivity index (χ0v) is 18.4. The van der Waals surface area contributed by atoms with E-state index in [9.17, 15) is 9.59 Å². The molecule has 1 amide bonds. The molecule has 0 aliphatic carbocycles. The van der Waals surface area contributed by atoms with Gasteiger partial charge in [-0.05, 0) is 55.0 Å². The van der Waals surface area contributed by atoms with E-state index < -0.39 is 0 Å². The van der Waals surface area contributed by atoms with Gasteiger partial charge in [-0.1, -0.05) is 35.9 Å². The number of amides is 1. The smallest absolute Gasteiger partial charge is 0.258 e. The molecule has 1 N–H and O–H groups in total. The Morgan fingerprint density at radius 3 is 2.81 bits per heavy atom. The molecule has 5 nitrogen and oxygen atoms in total. The third-order valence-electron chi connectivity index (χ3n) is 4.82. The van der Waals surface area contributed by atoms with Crippen LogP contribution in [0.25, 0.3) is 27.4 Å². The minimum Gasteiger partial charge on any atom is -0.332 e. The molecular formula is C24H20ClN3O2S. The van der Waals surface area contributed by atoms with Crippen molar-refractivity contribution in [3.8, 4) is 10.4 Å². The normalized spacial score (nSPS) is 11.3. The number of benzene rings is 2. The molecule has 0 bridgehead atoms. The predicted octanol–water partition coefficient (Wildman–Crippen LogP) is 5.37. The molecule has 0 aliphatic heterocycles. The fourth-order valence-electron chi connectivity index (χ4n) is 3.23. The highest BCUT2D eigenvalue weighted by atomic mass is 35.5. The number of halogens is 1. The average Bonchev–Trinajstić information content (AvgIpc) is 3.25. The average molecular weight is 450 g/mol. The monoisotopic (exact) mass is 449 g/mol. The fourth-order valence-corrected chi connectivity index (χ4v) is 4.33. The molecule has 0 radical (unpaired) electrons. The second kappa shape index (κ2) is 9.29. The number of rotatable bonds is 6. The summed E-state index contributed by atoms with van der Waals surface area (Å²) in [4.78, 5) is 35.9. The van der Waals surface area contributed by atoms with E-state index in [1.54, 1.807) is 46.6 Å². The maximum absolute atomic E-state index is 12.7. The first-order chi connectivity index (χ1) is 15.0. The minimum atomic E-state index is -0.202. The Bertz CT molecular complexity index is 1330. The predicted molar refractivity (Wildman–Crippen MR) is 127 cm³/mol. The first-order valence-electron chi connectivity index (χ1n) is 9.84. The molecule has 31 heavy (non-hydrogen) atoms. The van der Waals surface area contributed by atoms with Crippen molar-refractivity contribution in [2.75, 3.05) is 6.54 Å². The number of hydrogen-bond acceptors (Lipinski definition) is 4. The Hall–Kier alpha value is -3.22. The van der Waals surface area contributed by atoms with E-state index in [4.69, 9.17) is 11.6 Å². The zero-order valence-electron chi connectivity index (χ0n) is 16.8. The summed E-state index contributed by atoms with van der Waals surface area (Å²) in [6, 6.07) is 18.8. The van der Waals surface area contributed by atoms with Gasteiger partial charge in [-0.25, -0.2) is 4.98 Å². The second-order valence-corrected chi connectivity index (χ2v) is 8.48. The van der Waals surface area contributed by atoms with Crippen molar-refractivity contribution in [3.05, 3.63) is 92.8 Å². The minimum absolute atomic E-state index is 0.143. The van der Waals surface area contributed by atoms with Crippen molar-refractivity contribution in [1.82, 2.24) is 14.9 Å². The van der Waals surface area contributed by atoms with E-state index in [1.807, 2.05) is 49.4 Å². The number of para-hydroxylation sites is 1. The summed E-state index contributed by atoms with van der Waals surface area (Å²) in [5.41, 5.74) is 1.46. The number of aromatic amines is 1. The summed E-state index contributed by atoms with van der Waals surface area (Å²) in [6.07, 6.45) is 3.36. The first kappa shape index (κ1) is 21.0. The quantitative estimate of drug-likeness (QED) is 0.402. The van der Waals surface area contributed by atoms with Crippen molar-refractivity contribution in [2.24, 2.45) is 0 Å². The van der Waals surface area contributed by atoms with Gasteiger partial charge in [0.2, 0.25) is 5.91 Å². The van der Waals surface area contributed by atoms with Crippen LogP contribution in [0.1, 0.15) is 17.6 Å². The Labute approximate surface area is 188 Å². The lowest BCUT2D eigenvalue weighted by Crippen LogP contribution is -2.30. The highest BCUT2D eigenvalue weighted by molar-refractivity contribution is 7.16. The number of thiophene rings is 1. The van der Waals surface area contributed by atoms with E-state index in [0.717, 1.165) is 15.3 Å². The molecule has 0 unspecified atom stereocenters. The van der Waals surface area contributed by atoms with Gasteiger partial charge in [0.15, 0.2) is 0 Å². The van der Waals surface area contributed by atoms with Gasteiger partial charge < -0.3 is 9.88 Å². The maximum atomic E-state index is 12.7. The van der Waals surface area contributed by atoms with Crippen LogP contribution in [0.15, 0.2) is 71.5 Å². The van der Waals surface area contributed by atoms with E-state index in [-0.39, 0.29) is 18.0 Å². The van der Waals surface area contributed by atoms with E-state index in [0.29, 0.717) is 28.3 Å². The summed E-state index contributed by atoms with van der Waals surface area (Å²) in [7, 11) is 0. The highest BCUT2D eigenvalue weighted by Crippen LogP contribution is 2.30. The Morgan fingerprint density at radius 2 is 2.00 bits per heavy atom. The number of hydrogen-bond donors (Lipinski definition) is 1. The van der Waals surface area contributed by atoms with Crippen LogP contribution < -0.4 is 5.56 Å². The standard InChI is InChI=1S/C24H20ClN3O2S/c1-2-28(15-22-26-20-9-4-3-8-19(20)24(30)27-22)23(29)13-11-18-10-12-21(31-18)16-6-5-7-17(25)14-16/h3-14H,2,15H2,1H3,(H,26,27,30)/b13-11+. The molecule has 4 rings (SSSR count). The van der Waals surface area contributed by atoms with Gasteiger partial charge >= 0.3 is 0 Å². The van der Waals surface area contributed by atoms with Crippen LogP contribution in [0.2, 0.25) is 5.02 Å². The molecule has 2 aromatic carbocycles. The van der Waals surface area contributed by atoms with E-state index in [2.05, 4.69) is 9.97 Å². The van der Waals surface area contributed by atoms with Gasteiger partial charge in [-0.3, -0.25) is 9.59 Å². The summed E-state index contributed by atoms with van der Waals surface area (Å²) in [5, 5.41) is 1.23. The number of carbonyl (C=O) groups is 1. The van der Waals surface area contributed by atoms with Gasteiger partial charge in [0, 0.05) is 27.4 Å². The molecule has 4 aromatic rings. The molecule has 2 aromatic heterocycles. The van der Waals surface area contributed by atoms with Crippen LogP contribution in [0.5, 0.6) is 0 Å². The number of carbonyl (C=O) groups excluding carboxylic acids is 1. The van der Waals surface area contributed by atoms with Gasteiger partial charge in [-0.15, -0.1) is 11.3 Å². The number of aromatic nitrogens is 2.